The van der Waals surface area contributed by atoms with E-state index in [1.54, 1.807) is 0 Å². The molecule has 0 atom stereocenters. The summed E-state index contributed by atoms with van der Waals surface area (Å²) in [5.74, 6) is 0.925. The van der Waals surface area contributed by atoms with Crippen LogP contribution in [-0.4, -0.2) is 34.7 Å². The lowest BCUT2D eigenvalue weighted by molar-refractivity contribution is 0.0697. The smallest absolute Gasteiger partial charge is 0.335 e. The van der Waals surface area contributed by atoms with Gasteiger partial charge in [0, 0.05) is 6.04 Å². The first-order chi connectivity index (χ1) is 9.97. The van der Waals surface area contributed by atoms with Gasteiger partial charge in [0.1, 0.15) is 0 Å². The molecule has 0 aliphatic carbocycles. The maximum atomic E-state index is 11.9. The van der Waals surface area contributed by atoms with Crippen molar-refractivity contribution in [3.63, 3.8) is 0 Å². The Morgan fingerprint density at radius 1 is 1.19 bits per heavy atom. The zero-order valence-corrected chi connectivity index (χ0v) is 13.3. The third kappa shape index (κ3) is 4.43. The van der Waals surface area contributed by atoms with E-state index < -0.39 is 12.0 Å². The van der Waals surface area contributed by atoms with Gasteiger partial charge in [0.25, 0.3) is 0 Å². The van der Waals surface area contributed by atoms with Crippen LogP contribution in [0, 0.1) is 0 Å². The van der Waals surface area contributed by atoms with Gasteiger partial charge in [-0.25, -0.2) is 9.59 Å². The number of hydrogen-bond donors (Lipinski definition) is 3. The van der Waals surface area contributed by atoms with Crippen molar-refractivity contribution >= 4 is 52.7 Å². The molecule has 8 heteroatoms. The molecule has 0 bridgehead atoms. The molecule has 5 nitrogen and oxygen atoms in total. The molecule has 0 aromatic heterocycles. The SMILES string of the molecule is O=C(Nc1c(Cl)cc(C(=O)O)cc1Cl)NC1CCSCC1. The average Bonchev–Trinajstić information content (AvgIpc) is 2.43. The molecule has 0 unspecified atom stereocenters. The highest BCUT2D eigenvalue weighted by Crippen LogP contribution is 2.32. The van der Waals surface area contributed by atoms with Crippen LogP contribution in [0.3, 0.4) is 0 Å². The van der Waals surface area contributed by atoms with Gasteiger partial charge in [-0.05, 0) is 36.5 Å². The molecule has 3 N–H and O–H groups in total. The number of nitrogens with one attached hydrogen (secondary N) is 2. The van der Waals surface area contributed by atoms with Crippen LogP contribution in [0.2, 0.25) is 10.0 Å². The second-order valence-electron chi connectivity index (χ2n) is 4.61. The molecular formula is C13H14Cl2N2O3S. The molecule has 0 saturated carbocycles. The summed E-state index contributed by atoms with van der Waals surface area (Å²) >= 11 is 13.8. The standard InChI is InChI=1S/C13H14Cl2N2O3S/c14-9-5-7(12(18)19)6-10(15)11(9)17-13(20)16-8-1-3-21-4-2-8/h5-6,8H,1-4H2,(H,18,19)(H2,16,17,20). The Kier molecular flexibility index (Phi) is 5.61. The monoisotopic (exact) mass is 348 g/mol. The summed E-state index contributed by atoms with van der Waals surface area (Å²) < 4.78 is 0. The predicted octanol–water partition coefficient (Wildman–Crippen LogP) is 3.71. The lowest BCUT2D eigenvalue weighted by Crippen LogP contribution is -2.40. The number of rotatable bonds is 3. The molecule has 21 heavy (non-hydrogen) atoms. The van der Waals surface area contributed by atoms with Crippen LogP contribution < -0.4 is 10.6 Å². The van der Waals surface area contributed by atoms with Gasteiger partial charge in [0.05, 0.1) is 21.3 Å². The summed E-state index contributed by atoms with van der Waals surface area (Å²) in [4.78, 5) is 22.8. The Bertz CT molecular complexity index is 539. The fourth-order valence-electron chi connectivity index (χ4n) is 1.99. The number of carboxylic acid groups (broad SMARTS) is 1. The molecule has 1 saturated heterocycles. The molecule has 114 valence electrons. The first-order valence-electron chi connectivity index (χ1n) is 6.35. The zero-order valence-electron chi connectivity index (χ0n) is 11.0. The van der Waals surface area contributed by atoms with Gasteiger partial charge in [-0.15, -0.1) is 0 Å². The summed E-state index contributed by atoms with van der Waals surface area (Å²) in [6, 6.07) is 2.26. The van der Waals surface area contributed by atoms with Gasteiger partial charge in [0.15, 0.2) is 0 Å². The van der Waals surface area contributed by atoms with E-state index in [-0.39, 0.29) is 27.3 Å². The van der Waals surface area contributed by atoms with Gasteiger partial charge in [-0.3, -0.25) is 0 Å². The van der Waals surface area contributed by atoms with Crippen molar-refractivity contribution in [2.24, 2.45) is 0 Å². The molecule has 2 amide bonds. The molecule has 2 rings (SSSR count). The molecule has 1 fully saturated rings. The highest BCUT2D eigenvalue weighted by atomic mass is 35.5. The van der Waals surface area contributed by atoms with E-state index in [4.69, 9.17) is 28.3 Å². The Balaban J connectivity index is 2.04. The fourth-order valence-corrected chi connectivity index (χ4v) is 3.68. The first-order valence-corrected chi connectivity index (χ1v) is 8.26. The van der Waals surface area contributed by atoms with Crippen molar-refractivity contribution in [2.75, 3.05) is 16.8 Å². The third-order valence-electron chi connectivity index (χ3n) is 3.08. The van der Waals surface area contributed by atoms with E-state index in [9.17, 15) is 9.59 Å². The number of anilines is 1. The largest absolute Gasteiger partial charge is 0.478 e. The van der Waals surface area contributed by atoms with Crippen molar-refractivity contribution < 1.29 is 14.7 Å². The number of carbonyl (C=O) groups is 2. The van der Waals surface area contributed by atoms with Crippen LogP contribution in [0.4, 0.5) is 10.5 Å². The first kappa shape index (κ1) is 16.3. The van der Waals surface area contributed by atoms with Gasteiger partial charge >= 0.3 is 12.0 Å². The Morgan fingerprint density at radius 2 is 1.76 bits per heavy atom. The van der Waals surface area contributed by atoms with Crippen molar-refractivity contribution in [1.29, 1.82) is 0 Å². The topological polar surface area (TPSA) is 78.4 Å². The number of aromatic carboxylic acids is 1. The minimum Gasteiger partial charge on any atom is -0.478 e. The minimum atomic E-state index is -1.13. The van der Waals surface area contributed by atoms with Gasteiger partial charge < -0.3 is 15.7 Å². The number of halogens is 2. The molecule has 1 aliphatic heterocycles. The van der Waals surface area contributed by atoms with Crippen molar-refractivity contribution in [3.05, 3.63) is 27.7 Å². The summed E-state index contributed by atoms with van der Waals surface area (Å²) in [5, 5.41) is 14.5. The number of thioether (sulfide) groups is 1. The number of carboxylic acids is 1. The molecule has 0 spiro atoms. The second kappa shape index (κ2) is 7.24. The zero-order chi connectivity index (χ0) is 15.4. The van der Waals surface area contributed by atoms with Crippen LogP contribution in [-0.2, 0) is 0 Å². The maximum absolute atomic E-state index is 11.9. The number of benzene rings is 1. The Labute approximate surface area is 136 Å². The number of hydrogen-bond acceptors (Lipinski definition) is 3. The van der Waals surface area contributed by atoms with Crippen LogP contribution in [0.5, 0.6) is 0 Å². The van der Waals surface area contributed by atoms with Gasteiger partial charge in [-0.1, -0.05) is 23.2 Å². The minimum absolute atomic E-state index is 0.0275. The third-order valence-corrected chi connectivity index (χ3v) is 4.73. The Morgan fingerprint density at radius 3 is 2.29 bits per heavy atom. The van der Waals surface area contributed by atoms with Crippen molar-refractivity contribution in [3.8, 4) is 0 Å². The van der Waals surface area contributed by atoms with E-state index in [2.05, 4.69) is 10.6 Å². The summed E-state index contributed by atoms with van der Waals surface area (Å²) in [6.45, 7) is 0. The molecule has 1 heterocycles. The summed E-state index contributed by atoms with van der Waals surface area (Å²) in [7, 11) is 0. The Hall–Kier alpha value is -1.11. The van der Waals surface area contributed by atoms with E-state index in [0.717, 1.165) is 24.3 Å². The summed E-state index contributed by atoms with van der Waals surface area (Å²) in [6.07, 6.45) is 1.86. The second-order valence-corrected chi connectivity index (χ2v) is 6.64. The number of carbonyl (C=O) groups excluding carboxylic acids is 1. The average molecular weight is 349 g/mol. The van der Waals surface area contributed by atoms with Crippen LogP contribution in [0.1, 0.15) is 23.2 Å². The molecule has 1 aromatic rings. The fraction of sp³-hybridized carbons (Fsp3) is 0.385. The van der Waals surface area contributed by atoms with Gasteiger partial charge in [-0.2, -0.15) is 11.8 Å². The lowest BCUT2D eigenvalue weighted by Gasteiger charge is -2.23. The highest BCUT2D eigenvalue weighted by Gasteiger charge is 2.18. The van der Waals surface area contributed by atoms with Crippen LogP contribution in [0.25, 0.3) is 0 Å². The van der Waals surface area contributed by atoms with E-state index >= 15 is 0 Å². The molecule has 1 aliphatic rings. The van der Waals surface area contributed by atoms with E-state index in [1.165, 1.54) is 12.1 Å². The maximum Gasteiger partial charge on any atom is 0.335 e. The van der Waals surface area contributed by atoms with Crippen LogP contribution in [0.15, 0.2) is 12.1 Å². The van der Waals surface area contributed by atoms with Crippen molar-refractivity contribution in [1.82, 2.24) is 5.32 Å². The summed E-state index contributed by atoms with van der Waals surface area (Å²) in [5.41, 5.74) is 0.186. The number of amides is 2. The quantitative estimate of drug-likeness (QED) is 0.777. The molecule has 0 radical (unpaired) electrons. The lowest BCUT2D eigenvalue weighted by atomic mass is 10.1. The van der Waals surface area contributed by atoms with Gasteiger partial charge in [0.2, 0.25) is 0 Å². The predicted molar refractivity (Wildman–Crippen MR) is 85.9 cm³/mol. The molecule has 1 aromatic carbocycles. The normalized spacial score (nSPS) is 15.5. The molecular weight excluding hydrogens is 335 g/mol. The van der Waals surface area contributed by atoms with Crippen molar-refractivity contribution in [2.45, 2.75) is 18.9 Å². The number of urea groups is 1. The van der Waals surface area contributed by atoms with E-state index in [0.29, 0.717) is 0 Å². The highest BCUT2D eigenvalue weighted by molar-refractivity contribution is 7.99. The van der Waals surface area contributed by atoms with E-state index in [1.807, 2.05) is 11.8 Å². The van der Waals surface area contributed by atoms with Crippen LogP contribution >= 0.6 is 35.0 Å².